The predicted molar refractivity (Wildman–Crippen MR) is 122 cm³/mol. The van der Waals surface area contributed by atoms with Crippen molar-refractivity contribution in [2.75, 3.05) is 26.9 Å². The molecule has 0 aromatic heterocycles. The van der Waals surface area contributed by atoms with Crippen LogP contribution in [0.15, 0.2) is 47.6 Å². The second-order valence-corrected chi connectivity index (χ2v) is 9.00. The molecule has 0 aromatic carbocycles. The van der Waals surface area contributed by atoms with Gasteiger partial charge in [0.2, 0.25) is 0 Å². The number of hydrogen-bond acceptors (Lipinski definition) is 8. The van der Waals surface area contributed by atoms with Gasteiger partial charge < -0.3 is 31.7 Å². The maximum atomic E-state index is 6.01. The van der Waals surface area contributed by atoms with E-state index in [9.17, 15) is 0 Å². The summed E-state index contributed by atoms with van der Waals surface area (Å²) in [6, 6.07) is 0.593. The standard InChI is InChI=1S/C23H38N6O2/c1-13(26-11-16-7-5-6-8-25-16)22-17-10-20(30-4)18(21-14(2)29-31-15(21)3)9-19(17)28-23(22)27-12-24/h5,7,9,14-18,20-21,25-29H,1,6,8,10-12,24H2,2-4H3/t14?,15?,16?,17-,18-,20?,21?/m1/s1. The highest BCUT2D eigenvalue weighted by atomic mass is 16.7. The van der Waals surface area contributed by atoms with Gasteiger partial charge in [-0.15, -0.1) is 0 Å². The van der Waals surface area contributed by atoms with Crippen LogP contribution in [0.3, 0.4) is 0 Å². The SMILES string of the molecule is C=C(NCC1C=CCCN1)C1=C(NCN)NC2=C[C@@H](C3C(C)NOC3C)C(OC)C[C@H]21. The molecule has 1 aliphatic carbocycles. The Morgan fingerprint density at radius 3 is 2.87 bits per heavy atom. The first-order chi connectivity index (χ1) is 15.0. The van der Waals surface area contributed by atoms with Gasteiger partial charge in [-0.3, -0.25) is 4.84 Å². The molecule has 8 nitrogen and oxygen atoms in total. The molecule has 0 radical (unpaired) electrons. The van der Waals surface area contributed by atoms with Crippen LogP contribution in [0.1, 0.15) is 26.7 Å². The second kappa shape index (κ2) is 9.75. The van der Waals surface area contributed by atoms with Crippen molar-refractivity contribution >= 4 is 0 Å². The normalized spacial score (nSPS) is 37.3. The zero-order valence-electron chi connectivity index (χ0n) is 18.9. The number of allylic oxidation sites excluding steroid dienone is 2. The van der Waals surface area contributed by atoms with Crippen LogP contribution in [-0.2, 0) is 9.57 Å². The van der Waals surface area contributed by atoms with E-state index in [2.05, 4.69) is 65.4 Å². The average molecular weight is 431 g/mol. The maximum absolute atomic E-state index is 6.01. The Hall–Kier alpha value is -1.84. The molecule has 172 valence electrons. The van der Waals surface area contributed by atoms with Gasteiger partial charge in [-0.25, -0.2) is 0 Å². The van der Waals surface area contributed by atoms with Crippen LogP contribution >= 0.6 is 0 Å². The van der Waals surface area contributed by atoms with Gasteiger partial charge in [0, 0.05) is 60.5 Å². The van der Waals surface area contributed by atoms with Crippen molar-refractivity contribution in [1.82, 2.24) is 26.7 Å². The van der Waals surface area contributed by atoms with Gasteiger partial charge >= 0.3 is 0 Å². The lowest BCUT2D eigenvalue weighted by Crippen LogP contribution is -2.42. The Morgan fingerprint density at radius 2 is 2.23 bits per heavy atom. The topological polar surface area (TPSA) is 105 Å². The number of methoxy groups -OCH3 is 1. The van der Waals surface area contributed by atoms with Crippen molar-refractivity contribution in [3.63, 3.8) is 0 Å². The molecular weight excluding hydrogens is 392 g/mol. The first-order valence-corrected chi connectivity index (χ1v) is 11.5. The van der Waals surface area contributed by atoms with E-state index in [-0.39, 0.29) is 30.1 Å². The molecule has 0 aromatic rings. The van der Waals surface area contributed by atoms with Gasteiger partial charge in [-0.2, -0.15) is 5.48 Å². The van der Waals surface area contributed by atoms with E-state index in [1.54, 1.807) is 0 Å². The minimum atomic E-state index is 0.108. The van der Waals surface area contributed by atoms with Gasteiger partial charge in [0.05, 0.1) is 18.9 Å². The van der Waals surface area contributed by atoms with Crippen molar-refractivity contribution in [1.29, 1.82) is 0 Å². The Balaban J connectivity index is 1.54. The molecule has 0 spiro atoms. The van der Waals surface area contributed by atoms with E-state index in [1.165, 1.54) is 5.70 Å². The number of ether oxygens (including phenoxy) is 1. The van der Waals surface area contributed by atoms with Crippen molar-refractivity contribution in [3.8, 4) is 0 Å². The zero-order valence-corrected chi connectivity index (χ0v) is 18.9. The molecule has 8 heteroatoms. The number of fused-ring (bicyclic) bond motifs is 1. The molecule has 0 amide bonds. The number of rotatable bonds is 8. The van der Waals surface area contributed by atoms with Gasteiger partial charge in [-0.1, -0.05) is 24.8 Å². The first kappa shape index (κ1) is 22.4. The highest BCUT2D eigenvalue weighted by Crippen LogP contribution is 2.44. The number of nitrogens with one attached hydrogen (secondary N) is 5. The van der Waals surface area contributed by atoms with Crippen LogP contribution in [0.4, 0.5) is 0 Å². The molecule has 1 saturated heterocycles. The van der Waals surface area contributed by atoms with Gasteiger partial charge in [0.1, 0.15) is 5.82 Å². The van der Waals surface area contributed by atoms with E-state index in [1.807, 2.05) is 7.11 Å². The fourth-order valence-electron chi connectivity index (χ4n) is 5.52. The molecular formula is C23H38N6O2. The summed E-state index contributed by atoms with van der Waals surface area (Å²) in [4.78, 5) is 5.71. The fraction of sp³-hybridized carbons (Fsp3) is 0.652. The molecule has 7 atom stereocenters. The molecule has 4 aliphatic rings. The Morgan fingerprint density at radius 1 is 1.39 bits per heavy atom. The molecule has 3 aliphatic heterocycles. The molecule has 7 N–H and O–H groups in total. The summed E-state index contributed by atoms with van der Waals surface area (Å²) in [5, 5.41) is 14.0. The third kappa shape index (κ3) is 4.54. The molecule has 31 heavy (non-hydrogen) atoms. The van der Waals surface area contributed by atoms with Crippen LogP contribution in [0.5, 0.6) is 0 Å². The summed E-state index contributed by atoms with van der Waals surface area (Å²) in [7, 11) is 1.81. The van der Waals surface area contributed by atoms with Crippen molar-refractivity contribution in [3.05, 3.63) is 47.6 Å². The smallest absolute Gasteiger partial charge is 0.110 e. The Bertz CT molecular complexity index is 753. The van der Waals surface area contributed by atoms with Crippen LogP contribution in [-0.4, -0.2) is 51.2 Å². The van der Waals surface area contributed by atoms with Gasteiger partial charge in [0.15, 0.2) is 0 Å². The van der Waals surface area contributed by atoms with E-state index in [0.29, 0.717) is 18.6 Å². The minimum Gasteiger partial charge on any atom is -0.383 e. The van der Waals surface area contributed by atoms with Crippen LogP contribution in [0.25, 0.3) is 0 Å². The monoisotopic (exact) mass is 430 g/mol. The maximum Gasteiger partial charge on any atom is 0.110 e. The lowest BCUT2D eigenvalue weighted by molar-refractivity contribution is -0.00368. The van der Waals surface area contributed by atoms with Gasteiger partial charge in [-0.05, 0) is 33.2 Å². The molecule has 3 heterocycles. The van der Waals surface area contributed by atoms with Gasteiger partial charge in [0.25, 0.3) is 0 Å². The lowest BCUT2D eigenvalue weighted by atomic mass is 9.72. The minimum absolute atomic E-state index is 0.108. The molecule has 0 bridgehead atoms. The summed E-state index contributed by atoms with van der Waals surface area (Å²) in [6.07, 6.45) is 9.03. The lowest BCUT2D eigenvalue weighted by Gasteiger charge is -2.37. The summed E-state index contributed by atoms with van der Waals surface area (Å²) in [5.41, 5.74) is 12.3. The average Bonchev–Trinajstić information content (AvgIpc) is 3.30. The summed E-state index contributed by atoms with van der Waals surface area (Å²) < 4.78 is 6.01. The van der Waals surface area contributed by atoms with Crippen LogP contribution < -0.4 is 32.5 Å². The Labute approximate surface area is 185 Å². The Kier molecular flexibility index (Phi) is 7.03. The fourth-order valence-corrected chi connectivity index (χ4v) is 5.52. The van der Waals surface area contributed by atoms with Crippen molar-refractivity contribution < 1.29 is 9.57 Å². The van der Waals surface area contributed by atoms with Crippen LogP contribution in [0, 0.1) is 17.8 Å². The largest absolute Gasteiger partial charge is 0.383 e. The van der Waals surface area contributed by atoms with E-state index < -0.39 is 0 Å². The zero-order chi connectivity index (χ0) is 22.0. The number of hydrogen-bond donors (Lipinski definition) is 6. The third-order valence-corrected chi connectivity index (χ3v) is 7.06. The molecule has 4 rings (SSSR count). The quantitative estimate of drug-likeness (QED) is 0.248. The number of nitrogens with two attached hydrogens (primary N) is 1. The summed E-state index contributed by atoms with van der Waals surface area (Å²) >= 11 is 0. The number of hydroxylamine groups is 1. The van der Waals surface area contributed by atoms with E-state index in [0.717, 1.165) is 43.0 Å². The van der Waals surface area contributed by atoms with Crippen LogP contribution in [0.2, 0.25) is 0 Å². The molecule has 5 unspecified atom stereocenters. The molecule has 0 saturated carbocycles. The second-order valence-electron chi connectivity index (χ2n) is 9.00. The predicted octanol–water partition coefficient (Wildman–Crippen LogP) is 0.791. The summed E-state index contributed by atoms with van der Waals surface area (Å²) in [6.45, 7) is 10.9. The highest BCUT2D eigenvalue weighted by Gasteiger charge is 2.46. The van der Waals surface area contributed by atoms with E-state index in [4.69, 9.17) is 15.3 Å². The van der Waals surface area contributed by atoms with Crippen molar-refractivity contribution in [2.45, 2.75) is 51.0 Å². The van der Waals surface area contributed by atoms with E-state index >= 15 is 0 Å². The highest BCUT2D eigenvalue weighted by molar-refractivity contribution is 5.46. The van der Waals surface area contributed by atoms with Crippen molar-refractivity contribution in [2.24, 2.45) is 23.5 Å². The summed E-state index contributed by atoms with van der Waals surface area (Å²) in [5.74, 6) is 1.76. The molecule has 1 fully saturated rings. The first-order valence-electron chi connectivity index (χ1n) is 11.5. The third-order valence-electron chi connectivity index (χ3n) is 7.06.